The van der Waals surface area contributed by atoms with E-state index in [1.165, 1.54) is 42.5 Å². The van der Waals surface area contributed by atoms with Gasteiger partial charge in [0.1, 0.15) is 63.2 Å². The van der Waals surface area contributed by atoms with Gasteiger partial charge >= 0.3 is 5.97 Å². The summed E-state index contributed by atoms with van der Waals surface area (Å²) in [4.78, 5) is 30.8. The number of hydrogen-bond acceptors (Lipinski definition) is 18. The fourth-order valence-electron chi connectivity index (χ4n) is 12.7. The topological polar surface area (TPSA) is 332 Å². The van der Waals surface area contributed by atoms with Crippen molar-refractivity contribution in [2.24, 2.45) is 11.8 Å². The second-order valence-corrected chi connectivity index (χ2v) is 21.0. The molecule has 77 heavy (non-hydrogen) atoms. The minimum absolute atomic E-state index is 0.00946. The molecule has 14 N–H and O–H groups in total. The van der Waals surface area contributed by atoms with E-state index in [1.54, 1.807) is 42.5 Å². The van der Waals surface area contributed by atoms with E-state index in [0.717, 1.165) is 12.0 Å². The smallest absolute Gasteiger partial charge is 0.336 e. The van der Waals surface area contributed by atoms with Crippen LogP contribution in [0.2, 0.25) is 0 Å². The Bertz CT molecular complexity index is 3320. The number of H-pyrrole nitrogens is 1. The van der Waals surface area contributed by atoms with Gasteiger partial charge in [0, 0.05) is 65.6 Å². The number of ether oxygens (including phenoxy) is 4. The van der Waals surface area contributed by atoms with Crippen molar-refractivity contribution >= 4 is 22.8 Å². The Morgan fingerprint density at radius 2 is 1.77 bits per heavy atom. The molecule has 4 aromatic carbocycles. The predicted octanol–water partition coefficient (Wildman–Crippen LogP) is 4.26. The number of phenolic OH excluding ortho intramolecular Hbond substituents is 3. The number of fused-ring (bicyclic) bond motifs is 6. The lowest BCUT2D eigenvalue weighted by molar-refractivity contribution is -0.344. The number of aliphatic carboxylic acids is 1. The molecule has 2 bridgehead atoms. The van der Waals surface area contributed by atoms with Crippen molar-refractivity contribution in [1.82, 2.24) is 15.6 Å². The Hall–Kier alpha value is -7.14. The summed E-state index contributed by atoms with van der Waals surface area (Å²) in [5, 5.41) is 111. The van der Waals surface area contributed by atoms with Gasteiger partial charge < -0.3 is 85.4 Å². The summed E-state index contributed by atoms with van der Waals surface area (Å²) in [5.41, 5.74) is 1.93. The molecule has 11 atom stereocenters. The molecule has 0 unspecified atom stereocenters. The molecule has 0 radical (unpaired) electrons. The van der Waals surface area contributed by atoms with Gasteiger partial charge in [-0.15, -0.1) is 0 Å². The zero-order valence-corrected chi connectivity index (χ0v) is 42.0. The molecule has 3 aliphatic carbocycles. The molecular formula is C57H62N4O16. The van der Waals surface area contributed by atoms with Crippen LogP contribution in [0.15, 0.2) is 106 Å². The Morgan fingerprint density at radius 1 is 0.974 bits per heavy atom. The van der Waals surface area contributed by atoms with E-state index in [4.69, 9.17) is 29.1 Å². The molecule has 0 amide bonds. The van der Waals surface area contributed by atoms with Gasteiger partial charge in [-0.25, -0.2) is 4.79 Å². The van der Waals surface area contributed by atoms with Crippen LogP contribution >= 0.6 is 0 Å². The number of aromatic hydroxyl groups is 3. The Labute approximate surface area is 440 Å². The Morgan fingerprint density at radius 3 is 2.47 bits per heavy atom. The maximum Gasteiger partial charge on any atom is 0.336 e. The number of phenols is 3. The summed E-state index contributed by atoms with van der Waals surface area (Å²) in [6, 6.07) is 21.1. The lowest BCUT2D eigenvalue weighted by Gasteiger charge is -2.58. The van der Waals surface area contributed by atoms with Crippen LogP contribution in [0.3, 0.4) is 0 Å². The van der Waals surface area contributed by atoms with Crippen molar-refractivity contribution in [2.45, 2.75) is 112 Å². The largest absolute Gasteiger partial charge is 0.508 e. The van der Waals surface area contributed by atoms with Crippen molar-refractivity contribution in [3.05, 3.63) is 135 Å². The maximum atomic E-state index is 14.5. The zero-order chi connectivity index (χ0) is 54.1. The van der Waals surface area contributed by atoms with Gasteiger partial charge in [0.25, 0.3) is 0 Å². The summed E-state index contributed by atoms with van der Waals surface area (Å²) >= 11 is 0. The highest BCUT2D eigenvalue weighted by atomic mass is 16.7. The van der Waals surface area contributed by atoms with Gasteiger partial charge in [0.2, 0.25) is 12.0 Å². The average Bonchev–Trinajstić information content (AvgIpc) is 4.32. The molecule has 11 rings (SSSR count). The SMILES string of the molecule is CCc1cc(O)c2c(c1)[C@]1(Oc3c(O[C@@H]4O[C@H](C(=O)O)[C@]5(O)[C@@H]([C@H]6CNCN6)C(Cc6cccc(O)c6)=C[C@@]4(O)[C@@H]5O)cc4oc(-c5ccc(O[C@H](CO)[C@H](O)c6ccc(N)[nH]6)cc5)cc(=O)c4c3O)CCC[C@H]1CCC2. The van der Waals surface area contributed by atoms with Gasteiger partial charge in [0.05, 0.1) is 6.61 Å². The number of aromatic nitrogens is 1. The van der Waals surface area contributed by atoms with E-state index in [0.29, 0.717) is 84.5 Å². The molecule has 406 valence electrons. The number of nitrogen functional groups attached to an aromatic ring is 1. The molecule has 6 aromatic rings. The van der Waals surface area contributed by atoms with Crippen LogP contribution in [0.5, 0.6) is 34.5 Å². The Balaban J connectivity index is 1.05. The Kier molecular flexibility index (Phi) is 13.5. The summed E-state index contributed by atoms with van der Waals surface area (Å²) < 4.78 is 32.4. The highest BCUT2D eigenvalue weighted by molar-refractivity contribution is 5.90. The number of carboxylic acids is 1. The highest BCUT2D eigenvalue weighted by Gasteiger charge is 2.71. The van der Waals surface area contributed by atoms with Crippen molar-refractivity contribution in [3.8, 4) is 45.8 Å². The van der Waals surface area contributed by atoms with E-state index < -0.39 is 94.7 Å². The maximum absolute atomic E-state index is 14.5. The number of aryl methyl sites for hydroxylation is 1. The van der Waals surface area contributed by atoms with Crippen molar-refractivity contribution in [2.75, 3.05) is 25.6 Å². The van der Waals surface area contributed by atoms with Crippen molar-refractivity contribution in [3.63, 3.8) is 0 Å². The number of anilines is 1. The molecule has 20 heteroatoms. The summed E-state index contributed by atoms with van der Waals surface area (Å²) in [6.07, 6.45) is -3.45. The van der Waals surface area contributed by atoms with Crippen LogP contribution in [0, 0.1) is 11.8 Å². The highest BCUT2D eigenvalue weighted by Crippen LogP contribution is 2.58. The number of hydrogen-bond donors (Lipinski definition) is 13. The molecule has 20 nitrogen and oxygen atoms in total. The van der Waals surface area contributed by atoms with Crippen LogP contribution < -0.4 is 36.0 Å². The number of rotatable bonds is 15. The first-order chi connectivity index (χ1) is 36.9. The number of benzene rings is 4. The van der Waals surface area contributed by atoms with Crippen molar-refractivity contribution < 1.29 is 74.1 Å². The van der Waals surface area contributed by atoms with Crippen LogP contribution in [-0.2, 0) is 34.4 Å². The van der Waals surface area contributed by atoms with Gasteiger partial charge in [-0.3, -0.25) is 10.1 Å². The molecule has 1 saturated carbocycles. The number of aliphatic hydroxyl groups excluding tert-OH is 3. The first-order valence-electron chi connectivity index (χ1n) is 26.0. The first-order valence-corrected chi connectivity index (χ1v) is 26.0. The summed E-state index contributed by atoms with van der Waals surface area (Å²) in [7, 11) is 0. The summed E-state index contributed by atoms with van der Waals surface area (Å²) in [5.74, 6) is -3.93. The minimum Gasteiger partial charge on any atom is -0.508 e. The molecular weight excluding hydrogens is 997 g/mol. The normalized spacial score (nSPS) is 28.5. The fourth-order valence-corrected chi connectivity index (χ4v) is 12.7. The fraction of sp³-hybridized carbons (Fsp3) is 0.404. The number of aromatic amines is 1. The van der Waals surface area contributed by atoms with Crippen LogP contribution in [0.25, 0.3) is 22.3 Å². The molecule has 4 heterocycles. The van der Waals surface area contributed by atoms with E-state index in [9.17, 15) is 55.5 Å². The van der Waals surface area contributed by atoms with Gasteiger partial charge in [-0.05, 0) is 123 Å². The average molecular weight is 1060 g/mol. The third-order valence-electron chi connectivity index (χ3n) is 16.4. The van der Waals surface area contributed by atoms with Gasteiger partial charge in [-0.2, -0.15) is 0 Å². The molecule has 0 spiro atoms. The van der Waals surface area contributed by atoms with E-state index in [1.807, 2.05) is 13.0 Å². The van der Waals surface area contributed by atoms with Crippen LogP contribution in [-0.4, -0.2) is 119 Å². The second kappa shape index (κ2) is 20.0. The number of carboxylic acid groups (broad SMARTS) is 1. The second-order valence-electron chi connectivity index (χ2n) is 21.0. The van der Waals surface area contributed by atoms with E-state index in [2.05, 4.69) is 15.6 Å². The molecule has 5 aliphatic rings. The van der Waals surface area contributed by atoms with Gasteiger partial charge in [-0.1, -0.05) is 30.7 Å². The third-order valence-corrected chi connectivity index (χ3v) is 16.4. The minimum atomic E-state index is -2.73. The molecule has 2 aromatic heterocycles. The third kappa shape index (κ3) is 8.91. The standard InChI is InChI=1S/C57H62N4O16/c1-2-28-20-36-35(39(64)21-28)10-4-7-32-8-5-17-56(32,36)77-50-43(23-42-46(49(50)67)40(65)22-41(74-42)30-11-13-34(14-12-30)73-44(26-62)48(66)37-15-16-45(58)61-37)75-54-55(71)24-31(18-29-6-3-9-33(63)19-29)47(38-25-59-27-60-38)57(72,53(55)70)51(76-54)52(68)69/h3,6,9,11-16,19-24,32,38,44,47-48,51,53-54,59-64,66-67,70-72H,2,4-5,7-8,10,17-18,25-27,58H2,1H3,(H,68,69)/t32-,38-,44-,47-,48-,51-,53+,54-,55-,56+,57-/m1/s1. The lowest BCUT2D eigenvalue weighted by atomic mass is 9.59. The quantitative estimate of drug-likeness (QED) is 0.0639. The van der Waals surface area contributed by atoms with E-state index >= 15 is 0 Å². The van der Waals surface area contributed by atoms with Crippen molar-refractivity contribution in [1.29, 1.82) is 0 Å². The number of carbonyl (C=O) groups is 1. The number of nitrogens with two attached hydrogens (primary N) is 1. The van der Waals surface area contributed by atoms with Gasteiger partial charge in [0.15, 0.2) is 34.7 Å². The lowest BCUT2D eigenvalue weighted by Crippen LogP contribution is -2.79. The first kappa shape index (κ1) is 51.9. The van der Waals surface area contributed by atoms with Crippen LogP contribution in [0.4, 0.5) is 5.82 Å². The number of aliphatic hydroxyl groups is 5. The molecule has 2 aliphatic heterocycles. The van der Waals surface area contributed by atoms with E-state index in [-0.39, 0.29) is 52.9 Å². The predicted molar refractivity (Wildman–Crippen MR) is 277 cm³/mol. The monoisotopic (exact) mass is 1060 g/mol. The molecule has 3 fully saturated rings. The summed E-state index contributed by atoms with van der Waals surface area (Å²) in [6.45, 7) is 1.94. The number of nitrogens with one attached hydrogen (secondary N) is 3. The zero-order valence-electron chi connectivity index (χ0n) is 42.0. The molecule has 2 saturated heterocycles. The van der Waals surface area contributed by atoms with Crippen LogP contribution in [0.1, 0.15) is 73.1 Å².